The van der Waals surface area contributed by atoms with Crippen LogP contribution in [0.3, 0.4) is 0 Å². The van der Waals surface area contributed by atoms with Crippen molar-refractivity contribution in [3.8, 4) is 0 Å². The molecule has 0 saturated carbocycles. The maximum atomic E-state index is 3.46. The molecule has 0 spiro atoms. The van der Waals surface area contributed by atoms with E-state index in [1.807, 2.05) is 0 Å². The van der Waals surface area contributed by atoms with Crippen molar-refractivity contribution in [2.45, 2.75) is 79.1 Å². The first-order valence-corrected chi connectivity index (χ1v) is 15.3. The summed E-state index contributed by atoms with van der Waals surface area (Å²) >= 11 is 10.3. The van der Waals surface area contributed by atoms with Crippen LogP contribution in [0.15, 0.2) is 0 Å². The van der Waals surface area contributed by atoms with Gasteiger partial charge in [-0.05, 0) is 101 Å². The van der Waals surface area contributed by atoms with Crippen LogP contribution in [0.2, 0.25) is 0 Å². The zero-order valence-corrected chi connectivity index (χ0v) is 25.0. The number of hydrogen-bond donors (Lipinski definition) is 2. The highest BCUT2D eigenvalue weighted by molar-refractivity contribution is 9.09. The first-order chi connectivity index (χ1) is 14.4. The fourth-order valence-corrected chi connectivity index (χ4v) is 5.08. The lowest BCUT2D eigenvalue weighted by atomic mass is 10.0. The van der Waals surface area contributed by atoms with Gasteiger partial charge in [-0.2, -0.15) is 0 Å². The molecular formula is C24H50Br3N3. The van der Waals surface area contributed by atoms with Crippen molar-refractivity contribution in [3.63, 3.8) is 0 Å². The zero-order chi connectivity index (χ0) is 22.6. The van der Waals surface area contributed by atoms with Gasteiger partial charge in [-0.1, -0.05) is 59.6 Å². The van der Waals surface area contributed by atoms with Gasteiger partial charge in [-0.3, -0.25) is 0 Å². The molecule has 3 nitrogen and oxygen atoms in total. The molecule has 0 bridgehead atoms. The number of alkyl halides is 2. The maximum Gasteiger partial charge on any atom is 0.0120 e. The van der Waals surface area contributed by atoms with Crippen LogP contribution in [-0.4, -0.2) is 53.9 Å². The van der Waals surface area contributed by atoms with E-state index in [-0.39, 0.29) is 0 Å². The fourth-order valence-electron chi connectivity index (χ4n) is 3.69. The summed E-state index contributed by atoms with van der Waals surface area (Å²) in [5.41, 5.74) is 0. The van der Waals surface area contributed by atoms with Crippen molar-refractivity contribution in [2.75, 3.05) is 49.9 Å². The summed E-state index contributed by atoms with van der Waals surface area (Å²) in [6.45, 7) is 16.6. The molecule has 0 aliphatic carbocycles. The predicted octanol–water partition coefficient (Wildman–Crippen LogP) is 7.23. The molecule has 3 heterocycles. The number of nitrogens with zero attached hydrogens (tertiary/aromatic N) is 1. The van der Waals surface area contributed by atoms with Gasteiger partial charge in [0, 0.05) is 39.9 Å². The van der Waals surface area contributed by atoms with Gasteiger partial charge in [0.25, 0.3) is 0 Å². The minimum Gasteiger partial charge on any atom is -0.316 e. The maximum absolute atomic E-state index is 3.46. The summed E-state index contributed by atoms with van der Waals surface area (Å²) in [7, 11) is 0. The lowest BCUT2D eigenvalue weighted by Crippen LogP contribution is -2.27. The molecule has 0 aromatic rings. The molecule has 3 aliphatic rings. The molecule has 3 fully saturated rings. The zero-order valence-electron chi connectivity index (χ0n) is 20.2. The molecule has 182 valence electrons. The van der Waals surface area contributed by atoms with Crippen molar-refractivity contribution in [1.29, 1.82) is 0 Å². The molecule has 6 heteroatoms. The summed E-state index contributed by atoms with van der Waals surface area (Å²) in [6.07, 6.45) is 11.0. The van der Waals surface area contributed by atoms with Crippen molar-refractivity contribution in [3.05, 3.63) is 0 Å². The lowest BCUT2D eigenvalue weighted by Gasteiger charge is -2.24. The van der Waals surface area contributed by atoms with E-state index in [1.54, 1.807) is 0 Å². The molecular weight excluding hydrogens is 570 g/mol. The SMILES string of the molecule is CC1CCCNC1.C[C@@H]1CCCN(Br)C1.C[C@@H]1CCCNC1.C[C@H](CBr)CCCBr. The fraction of sp³-hybridized carbons (Fsp3) is 1.00. The molecule has 3 saturated heterocycles. The lowest BCUT2D eigenvalue weighted by molar-refractivity contribution is 0.311. The van der Waals surface area contributed by atoms with Crippen LogP contribution < -0.4 is 10.6 Å². The van der Waals surface area contributed by atoms with E-state index in [0.29, 0.717) is 0 Å². The predicted molar refractivity (Wildman–Crippen MR) is 147 cm³/mol. The van der Waals surface area contributed by atoms with Gasteiger partial charge >= 0.3 is 0 Å². The minimum atomic E-state index is 0.840. The van der Waals surface area contributed by atoms with Crippen molar-refractivity contribution in [1.82, 2.24) is 14.6 Å². The summed E-state index contributed by atoms with van der Waals surface area (Å²) in [5.74, 6) is 3.58. The number of hydrogen-bond acceptors (Lipinski definition) is 3. The van der Waals surface area contributed by atoms with Crippen molar-refractivity contribution < 1.29 is 0 Å². The summed E-state index contributed by atoms with van der Waals surface area (Å²) in [5, 5.41) is 8.95. The van der Waals surface area contributed by atoms with E-state index in [2.05, 4.69) is 90.3 Å². The molecule has 30 heavy (non-hydrogen) atoms. The Labute approximate surface area is 214 Å². The van der Waals surface area contributed by atoms with E-state index in [9.17, 15) is 0 Å². The van der Waals surface area contributed by atoms with E-state index in [4.69, 9.17) is 0 Å². The van der Waals surface area contributed by atoms with E-state index >= 15 is 0 Å². The normalized spacial score (nSPS) is 27.9. The molecule has 0 amide bonds. The van der Waals surface area contributed by atoms with Gasteiger partial charge < -0.3 is 10.6 Å². The Morgan fingerprint density at radius 1 is 0.867 bits per heavy atom. The molecule has 0 aromatic heterocycles. The third-order valence-corrected chi connectivity index (χ3v) is 8.10. The quantitative estimate of drug-likeness (QED) is 0.257. The van der Waals surface area contributed by atoms with Gasteiger partial charge in [0.1, 0.15) is 0 Å². The van der Waals surface area contributed by atoms with Crippen LogP contribution in [0.5, 0.6) is 0 Å². The molecule has 4 atom stereocenters. The second kappa shape index (κ2) is 22.1. The van der Waals surface area contributed by atoms with E-state index in [0.717, 1.165) is 34.3 Å². The highest BCUT2D eigenvalue weighted by Crippen LogP contribution is 2.17. The second-order valence-electron chi connectivity index (χ2n) is 9.61. The number of rotatable bonds is 4. The van der Waals surface area contributed by atoms with Crippen LogP contribution in [0.1, 0.15) is 79.1 Å². The van der Waals surface area contributed by atoms with Crippen LogP contribution in [0.4, 0.5) is 0 Å². The highest BCUT2D eigenvalue weighted by Gasteiger charge is 2.12. The first-order valence-electron chi connectivity index (χ1n) is 12.3. The van der Waals surface area contributed by atoms with Crippen LogP contribution in [-0.2, 0) is 0 Å². The van der Waals surface area contributed by atoms with Crippen LogP contribution in [0, 0.1) is 23.7 Å². The average molecular weight is 620 g/mol. The highest BCUT2D eigenvalue weighted by atomic mass is 79.9. The average Bonchev–Trinajstić information content (AvgIpc) is 2.74. The smallest absolute Gasteiger partial charge is 0.0120 e. The largest absolute Gasteiger partial charge is 0.316 e. The molecule has 3 aliphatic heterocycles. The van der Waals surface area contributed by atoms with Crippen molar-refractivity contribution in [2.24, 2.45) is 23.7 Å². The number of piperidine rings is 3. The van der Waals surface area contributed by atoms with E-state index < -0.39 is 0 Å². The van der Waals surface area contributed by atoms with Crippen LogP contribution >= 0.6 is 48.0 Å². The molecule has 3 rings (SSSR count). The van der Waals surface area contributed by atoms with E-state index in [1.165, 1.54) is 90.6 Å². The second-order valence-corrected chi connectivity index (χ2v) is 12.1. The minimum absolute atomic E-state index is 0.840. The van der Waals surface area contributed by atoms with Gasteiger partial charge in [0.2, 0.25) is 0 Å². The Kier molecular flexibility index (Phi) is 23.1. The van der Waals surface area contributed by atoms with Crippen LogP contribution in [0.25, 0.3) is 0 Å². The van der Waals surface area contributed by atoms with Gasteiger partial charge in [-0.25, -0.2) is 3.93 Å². The topological polar surface area (TPSA) is 27.3 Å². The van der Waals surface area contributed by atoms with Gasteiger partial charge in [0.05, 0.1) is 0 Å². The molecule has 2 N–H and O–H groups in total. The molecule has 1 unspecified atom stereocenters. The summed E-state index contributed by atoms with van der Waals surface area (Å²) in [6, 6.07) is 0. The third kappa shape index (κ3) is 21.2. The Morgan fingerprint density at radius 3 is 1.67 bits per heavy atom. The Balaban J connectivity index is 0.000000374. The van der Waals surface area contributed by atoms with Gasteiger partial charge in [0.15, 0.2) is 0 Å². The molecule has 0 radical (unpaired) electrons. The Hall–Kier alpha value is 1.32. The molecule has 0 aromatic carbocycles. The van der Waals surface area contributed by atoms with Crippen molar-refractivity contribution >= 4 is 48.0 Å². The number of halogens is 3. The Bertz CT molecular complexity index is 325. The Morgan fingerprint density at radius 2 is 1.40 bits per heavy atom. The standard InChI is InChI=1S/C6H12Br2.C6H12BrN.2C6H13N/c1-6(5-8)3-2-4-7;1-6-3-2-4-8(7)5-6;2*1-6-3-2-4-7-5-6/h2*6H,2-5H2,1H3;2*6-7H,2-5H2,1H3/t3*6-;/m011./s1. The monoisotopic (exact) mass is 617 g/mol. The number of nitrogens with one attached hydrogen (secondary N) is 2. The van der Waals surface area contributed by atoms with Gasteiger partial charge in [-0.15, -0.1) is 0 Å². The first kappa shape index (κ1) is 31.3. The third-order valence-electron chi connectivity index (χ3n) is 5.79. The summed E-state index contributed by atoms with van der Waals surface area (Å²) in [4.78, 5) is 0. The summed E-state index contributed by atoms with van der Waals surface area (Å²) < 4.78 is 2.22.